The first-order chi connectivity index (χ1) is 11.9. The molecule has 0 radical (unpaired) electrons. The number of aliphatic imine (C=N–C) groups is 1. The molecule has 0 saturated carbocycles. The van der Waals surface area contributed by atoms with E-state index < -0.39 is 15.7 Å². The average molecular weight is 491 g/mol. The predicted molar refractivity (Wildman–Crippen MR) is 113 cm³/mol. The Morgan fingerprint density at radius 1 is 1.12 bits per heavy atom. The first kappa shape index (κ1) is 22.4. The molecular weight excluding hydrogens is 468 g/mol. The molecule has 2 rings (SSSR count). The maximum absolute atomic E-state index is 13.6. The monoisotopic (exact) mass is 491 g/mol. The van der Waals surface area contributed by atoms with Crippen LogP contribution in [0.3, 0.4) is 0 Å². The van der Waals surface area contributed by atoms with Crippen LogP contribution in [0.15, 0.2) is 58.4 Å². The van der Waals surface area contributed by atoms with E-state index in [4.69, 9.17) is 0 Å². The molecule has 0 saturated heterocycles. The summed E-state index contributed by atoms with van der Waals surface area (Å²) < 4.78 is 38.0. The largest absolute Gasteiger partial charge is 0.355 e. The highest BCUT2D eigenvalue weighted by molar-refractivity contribution is 14.0. The molecule has 8 heteroatoms. The molecular formula is C18H23FIN3O2S. The van der Waals surface area contributed by atoms with Crippen LogP contribution in [0, 0.1) is 12.7 Å². The molecule has 5 nitrogen and oxygen atoms in total. The number of nitrogens with one attached hydrogen (secondary N) is 2. The lowest BCUT2D eigenvalue weighted by molar-refractivity contribution is 0.566. The minimum Gasteiger partial charge on any atom is -0.355 e. The summed E-state index contributed by atoms with van der Waals surface area (Å²) in [5.74, 6) is -0.464. The van der Waals surface area contributed by atoms with E-state index >= 15 is 0 Å². The van der Waals surface area contributed by atoms with Crippen molar-refractivity contribution in [3.8, 4) is 0 Å². The highest BCUT2D eigenvalue weighted by atomic mass is 127. The number of guanidine groups is 1. The highest BCUT2D eigenvalue weighted by Gasteiger charge is 2.18. The second-order valence-electron chi connectivity index (χ2n) is 5.59. The Hall–Kier alpha value is -1.68. The Bertz CT molecular complexity index is 857. The summed E-state index contributed by atoms with van der Waals surface area (Å²) in [4.78, 5) is 3.78. The maximum Gasteiger partial charge on any atom is 0.191 e. The molecule has 26 heavy (non-hydrogen) atoms. The van der Waals surface area contributed by atoms with Gasteiger partial charge >= 0.3 is 0 Å². The molecule has 2 aromatic carbocycles. The number of halogens is 2. The number of aryl methyl sites for hydroxylation is 1. The number of rotatable bonds is 6. The van der Waals surface area contributed by atoms with Gasteiger partial charge in [-0.15, -0.1) is 24.0 Å². The molecule has 142 valence electrons. The average Bonchev–Trinajstić information content (AvgIpc) is 2.58. The molecule has 0 heterocycles. The van der Waals surface area contributed by atoms with Crippen LogP contribution in [0.2, 0.25) is 0 Å². The molecule has 0 aliphatic carbocycles. The first-order valence-corrected chi connectivity index (χ1v) is 9.55. The van der Waals surface area contributed by atoms with Crippen LogP contribution in [0.5, 0.6) is 0 Å². The molecule has 0 unspecified atom stereocenters. The van der Waals surface area contributed by atoms with Crippen LogP contribution >= 0.6 is 24.0 Å². The van der Waals surface area contributed by atoms with Crippen molar-refractivity contribution in [3.63, 3.8) is 0 Å². The molecule has 0 fully saturated rings. The molecule has 0 spiro atoms. The molecule has 0 atom stereocenters. The standard InChI is InChI=1S/C18H22FN3O2S.HI/c1-14-6-5-7-15(12-14)13-22-18(20-2)21-10-11-25(23,24)17-9-4-3-8-16(17)19;/h3-9,12H,10-11,13H2,1-2H3,(H2,20,21,22);1H. The van der Waals surface area contributed by atoms with E-state index in [1.807, 2.05) is 25.1 Å². The third kappa shape index (κ3) is 6.56. The quantitative estimate of drug-likeness (QED) is 0.371. The summed E-state index contributed by atoms with van der Waals surface area (Å²) >= 11 is 0. The fraction of sp³-hybridized carbons (Fsp3) is 0.278. The molecule has 0 amide bonds. The third-order valence-corrected chi connectivity index (χ3v) is 5.34. The van der Waals surface area contributed by atoms with Crippen LogP contribution in [0.25, 0.3) is 0 Å². The van der Waals surface area contributed by atoms with Gasteiger partial charge in [-0.3, -0.25) is 4.99 Å². The van der Waals surface area contributed by atoms with Gasteiger partial charge in [0.15, 0.2) is 15.8 Å². The molecule has 0 aliphatic heterocycles. The van der Waals surface area contributed by atoms with E-state index in [-0.39, 0.29) is 41.2 Å². The summed E-state index contributed by atoms with van der Waals surface area (Å²) in [5.41, 5.74) is 2.26. The van der Waals surface area contributed by atoms with Crippen molar-refractivity contribution in [2.24, 2.45) is 4.99 Å². The molecule has 0 bridgehead atoms. The van der Waals surface area contributed by atoms with Crippen molar-refractivity contribution in [3.05, 3.63) is 65.5 Å². The zero-order valence-corrected chi connectivity index (χ0v) is 17.8. The van der Waals surface area contributed by atoms with Gasteiger partial charge in [0.25, 0.3) is 0 Å². The third-order valence-electron chi connectivity index (χ3n) is 3.60. The summed E-state index contributed by atoms with van der Waals surface area (Å²) in [6, 6.07) is 13.4. The summed E-state index contributed by atoms with van der Waals surface area (Å²) in [6.07, 6.45) is 0. The smallest absolute Gasteiger partial charge is 0.191 e. The lowest BCUT2D eigenvalue weighted by Crippen LogP contribution is -2.39. The van der Waals surface area contributed by atoms with Gasteiger partial charge < -0.3 is 10.6 Å². The van der Waals surface area contributed by atoms with E-state index in [1.165, 1.54) is 23.8 Å². The molecule has 2 aromatic rings. The van der Waals surface area contributed by atoms with Gasteiger partial charge in [-0.2, -0.15) is 0 Å². The predicted octanol–water partition coefficient (Wildman–Crippen LogP) is 2.89. The highest BCUT2D eigenvalue weighted by Crippen LogP contribution is 2.14. The van der Waals surface area contributed by atoms with Gasteiger partial charge in [-0.05, 0) is 24.6 Å². The second-order valence-corrected chi connectivity index (χ2v) is 7.67. The minimum atomic E-state index is -3.69. The van der Waals surface area contributed by atoms with E-state index in [1.54, 1.807) is 7.05 Å². The van der Waals surface area contributed by atoms with Crippen molar-refractivity contribution in [2.45, 2.75) is 18.4 Å². The van der Waals surface area contributed by atoms with E-state index in [0.717, 1.165) is 11.6 Å². The zero-order chi connectivity index (χ0) is 18.3. The lowest BCUT2D eigenvalue weighted by Gasteiger charge is -2.12. The molecule has 0 aliphatic rings. The van der Waals surface area contributed by atoms with E-state index in [2.05, 4.69) is 21.7 Å². The normalized spacial score (nSPS) is 11.6. The second kappa shape index (κ2) is 10.5. The van der Waals surface area contributed by atoms with Gasteiger partial charge in [-0.25, -0.2) is 12.8 Å². The van der Waals surface area contributed by atoms with Gasteiger partial charge in [0, 0.05) is 20.1 Å². The lowest BCUT2D eigenvalue weighted by atomic mass is 10.1. The van der Waals surface area contributed by atoms with Crippen LogP contribution in [-0.4, -0.2) is 33.7 Å². The van der Waals surface area contributed by atoms with Gasteiger partial charge in [-0.1, -0.05) is 42.0 Å². The van der Waals surface area contributed by atoms with Gasteiger partial charge in [0.05, 0.1) is 5.75 Å². The van der Waals surface area contributed by atoms with E-state index in [9.17, 15) is 12.8 Å². The summed E-state index contributed by atoms with van der Waals surface area (Å²) in [5, 5.41) is 6.06. The van der Waals surface area contributed by atoms with Crippen molar-refractivity contribution < 1.29 is 12.8 Å². The van der Waals surface area contributed by atoms with Gasteiger partial charge in [0.2, 0.25) is 0 Å². The van der Waals surface area contributed by atoms with Crippen molar-refractivity contribution in [1.29, 1.82) is 0 Å². The molecule has 0 aromatic heterocycles. The van der Waals surface area contributed by atoms with Crippen LogP contribution in [-0.2, 0) is 16.4 Å². The van der Waals surface area contributed by atoms with Crippen molar-refractivity contribution in [1.82, 2.24) is 10.6 Å². The minimum absolute atomic E-state index is 0. The van der Waals surface area contributed by atoms with Crippen LogP contribution in [0.4, 0.5) is 4.39 Å². The zero-order valence-electron chi connectivity index (χ0n) is 14.7. The Balaban J connectivity index is 0.00000338. The fourth-order valence-corrected chi connectivity index (χ4v) is 3.58. The Morgan fingerprint density at radius 2 is 1.85 bits per heavy atom. The number of hydrogen-bond acceptors (Lipinski definition) is 3. The van der Waals surface area contributed by atoms with Gasteiger partial charge in [0.1, 0.15) is 10.7 Å². The Kier molecular flexibility index (Phi) is 9.00. The van der Waals surface area contributed by atoms with E-state index in [0.29, 0.717) is 12.5 Å². The maximum atomic E-state index is 13.6. The number of hydrogen-bond donors (Lipinski definition) is 2. The summed E-state index contributed by atoms with van der Waals surface area (Å²) in [6.45, 7) is 2.72. The van der Waals surface area contributed by atoms with Crippen LogP contribution < -0.4 is 10.6 Å². The van der Waals surface area contributed by atoms with Crippen LogP contribution in [0.1, 0.15) is 11.1 Å². The Labute approximate surface area is 171 Å². The topological polar surface area (TPSA) is 70.6 Å². The summed E-state index contributed by atoms with van der Waals surface area (Å²) in [7, 11) is -2.08. The first-order valence-electron chi connectivity index (χ1n) is 7.90. The number of benzene rings is 2. The fourth-order valence-electron chi connectivity index (χ4n) is 2.34. The number of nitrogens with zero attached hydrogens (tertiary/aromatic N) is 1. The Morgan fingerprint density at radius 3 is 2.50 bits per heavy atom. The van der Waals surface area contributed by atoms with Crippen molar-refractivity contribution in [2.75, 3.05) is 19.3 Å². The van der Waals surface area contributed by atoms with Crippen molar-refractivity contribution >= 4 is 39.8 Å². The number of sulfone groups is 1. The SMILES string of the molecule is CN=C(NCCS(=O)(=O)c1ccccc1F)NCc1cccc(C)c1.I. The molecule has 2 N–H and O–H groups in total.